The number of amides is 1. The summed E-state index contributed by atoms with van der Waals surface area (Å²) in [7, 11) is 1.85. The summed E-state index contributed by atoms with van der Waals surface area (Å²) in [4.78, 5) is 13.4. The maximum absolute atomic E-state index is 11.7. The lowest BCUT2D eigenvalue weighted by atomic mass is 10.0. The van der Waals surface area contributed by atoms with Crippen LogP contribution in [0.2, 0.25) is 0 Å². The average molecular weight is 384 g/mol. The van der Waals surface area contributed by atoms with E-state index in [1.807, 2.05) is 7.05 Å². The number of hydrogen-bond donors (Lipinski definition) is 0. The van der Waals surface area contributed by atoms with E-state index >= 15 is 0 Å². The van der Waals surface area contributed by atoms with Gasteiger partial charge in [0.1, 0.15) is 0 Å². The molecule has 0 saturated heterocycles. The molecule has 3 nitrogen and oxygen atoms in total. The normalized spacial score (nSPS) is 10.9. The molecule has 0 spiro atoms. The molecule has 0 aliphatic heterocycles. The third-order valence-corrected chi connectivity index (χ3v) is 5.38. The lowest BCUT2D eigenvalue weighted by Crippen LogP contribution is -2.28. The second-order valence-electron chi connectivity index (χ2n) is 8.19. The first kappa shape index (κ1) is 26.3. The molecule has 3 heteroatoms. The van der Waals surface area contributed by atoms with Crippen LogP contribution in [0.25, 0.3) is 0 Å². The van der Waals surface area contributed by atoms with Gasteiger partial charge in [-0.15, -0.1) is 0 Å². The molecular formula is C24H49NO2. The molecule has 162 valence electrons. The molecule has 0 aliphatic rings. The van der Waals surface area contributed by atoms with Crippen LogP contribution in [0, 0.1) is 0 Å². The van der Waals surface area contributed by atoms with E-state index in [9.17, 15) is 4.79 Å². The molecule has 1 amide bonds. The van der Waals surface area contributed by atoms with Gasteiger partial charge in [0.2, 0.25) is 0 Å². The summed E-state index contributed by atoms with van der Waals surface area (Å²) >= 11 is 0. The van der Waals surface area contributed by atoms with Crippen LogP contribution >= 0.6 is 0 Å². The highest BCUT2D eigenvalue weighted by Gasteiger charge is 2.08. The lowest BCUT2D eigenvalue weighted by Gasteiger charge is -2.16. The summed E-state index contributed by atoms with van der Waals surface area (Å²) in [6, 6.07) is 0. The predicted molar refractivity (Wildman–Crippen MR) is 118 cm³/mol. The van der Waals surface area contributed by atoms with Gasteiger partial charge in [0.15, 0.2) is 0 Å². The van der Waals surface area contributed by atoms with Gasteiger partial charge in [-0.05, 0) is 12.8 Å². The number of ether oxygens (including phenoxy) is 1. The van der Waals surface area contributed by atoms with E-state index in [4.69, 9.17) is 4.74 Å². The monoisotopic (exact) mass is 383 g/mol. The quantitative estimate of drug-likeness (QED) is 0.199. The van der Waals surface area contributed by atoms with E-state index in [0.717, 1.165) is 25.8 Å². The van der Waals surface area contributed by atoms with Gasteiger partial charge in [-0.1, -0.05) is 117 Å². The highest BCUT2D eigenvalue weighted by molar-refractivity contribution is 5.67. The van der Waals surface area contributed by atoms with Crippen LogP contribution in [0.4, 0.5) is 4.79 Å². The van der Waals surface area contributed by atoms with Crippen molar-refractivity contribution in [3.8, 4) is 0 Å². The first-order chi connectivity index (χ1) is 13.2. The van der Waals surface area contributed by atoms with E-state index in [1.54, 1.807) is 4.90 Å². The molecule has 0 bridgehead atoms. The third kappa shape index (κ3) is 19.8. The van der Waals surface area contributed by atoms with Crippen LogP contribution in [-0.2, 0) is 4.74 Å². The zero-order valence-electron chi connectivity index (χ0n) is 18.9. The Kier molecular flexibility index (Phi) is 21.0. The lowest BCUT2D eigenvalue weighted by molar-refractivity contribution is 0.109. The molecule has 0 fully saturated rings. The fourth-order valence-electron chi connectivity index (χ4n) is 3.40. The van der Waals surface area contributed by atoms with Gasteiger partial charge < -0.3 is 9.64 Å². The van der Waals surface area contributed by atoms with Crippen molar-refractivity contribution in [3.63, 3.8) is 0 Å². The van der Waals surface area contributed by atoms with Crippen LogP contribution in [0.3, 0.4) is 0 Å². The van der Waals surface area contributed by atoms with Crippen LogP contribution in [-0.4, -0.2) is 31.2 Å². The zero-order chi connectivity index (χ0) is 20.0. The standard InChI is InChI=1S/C24H49NO2/c1-4-6-8-9-10-11-12-13-14-15-16-17-18-19-20-21-22-25(3)24(26)27-23-7-5-2/h4-23H2,1-3H3. The Morgan fingerprint density at radius 2 is 0.963 bits per heavy atom. The number of carbonyl (C=O) groups is 1. The molecule has 0 N–H and O–H groups in total. The van der Waals surface area contributed by atoms with Crippen LogP contribution < -0.4 is 0 Å². The summed E-state index contributed by atoms with van der Waals surface area (Å²) < 4.78 is 5.21. The number of unbranched alkanes of at least 4 members (excludes halogenated alkanes) is 16. The largest absolute Gasteiger partial charge is 0.449 e. The molecule has 0 aliphatic carbocycles. The summed E-state index contributed by atoms with van der Waals surface area (Å²) in [5.41, 5.74) is 0. The van der Waals surface area contributed by atoms with Crippen molar-refractivity contribution in [3.05, 3.63) is 0 Å². The minimum atomic E-state index is -0.163. The highest BCUT2D eigenvalue weighted by atomic mass is 16.6. The molecule has 0 rings (SSSR count). The Hall–Kier alpha value is -0.730. The summed E-state index contributed by atoms with van der Waals surface area (Å²) in [5.74, 6) is 0. The molecule has 0 radical (unpaired) electrons. The van der Waals surface area contributed by atoms with Gasteiger partial charge in [-0.2, -0.15) is 0 Å². The van der Waals surface area contributed by atoms with Crippen molar-refractivity contribution in [1.82, 2.24) is 4.90 Å². The van der Waals surface area contributed by atoms with Crippen molar-refractivity contribution < 1.29 is 9.53 Å². The SMILES string of the molecule is CCCCCCCCCCCCCCCCCCN(C)C(=O)OCCCC. The fourth-order valence-corrected chi connectivity index (χ4v) is 3.40. The highest BCUT2D eigenvalue weighted by Crippen LogP contribution is 2.13. The fraction of sp³-hybridized carbons (Fsp3) is 0.958. The van der Waals surface area contributed by atoms with E-state index in [-0.39, 0.29) is 6.09 Å². The van der Waals surface area contributed by atoms with Crippen molar-refractivity contribution in [2.75, 3.05) is 20.2 Å². The topological polar surface area (TPSA) is 29.5 Å². The second kappa shape index (κ2) is 21.6. The Labute approximate surface area is 170 Å². The van der Waals surface area contributed by atoms with E-state index < -0.39 is 0 Å². The zero-order valence-corrected chi connectivity index (χ0v) is 18.9. The Morgan fingerprint density at radius 3 is 1.37 bits per heavy atom. The van der Waals surface area contributed by atoms with Gasteiger partial charge >= 0.3 is 6.09 Å². The number of carbonyl (C=O) groups excluding carboxylic acids is 1. The number of hydrogen-bond acceptors (Lipinski definition) is 2. The van der Waals surface area contributed by atoms with Gasteiger partial charge in [0.05, 0.1) is 6.61 Å². The first-order valence-corrected chi connectivity index (χ1v) is 12.1. The van der Waals surface area contributed by atoms with E-state index in [0.29, 0.717) is 6.61 Å². The summed E-state index contributed by atoms with van der Waals surface area (Å²) in [6.07, 6.45) is 23.9. The van der Waals surface area contributed by atoms with Crippen LogP contribution in [0.1, 0.15) is 129 Å². The van der Waals surface area contributed by atoms with Gasteiger partial charge in [-0.3, -0.25) is 0 Å². The van der Waals surface area contributed by atoms with Crippen molar-refractivity contribution >= 4 is 6.09 Å². The molecule has 0 aromatic heterocycles. The molecule has 0 unspecified atom stereocenters. The Balaban J connectivity index is 3.19. The molecule has 0 atom stereocenters. The second-order valence-corrected chi connectivity index (χ2v) is 8.19. The average Bonchev–Trinajstić information content (AvgIpc) is 2.67. The van der Waals surface area contributed by atoms with Gasteiger partial charge in [0.25, 0.3) is 0 Å². The van der Waals surface area contributed by atoms with Crippen molar-refractivity contribution in [2.24, 2.45) is 0 Å². The Bertz CT molecular complexity index is 307. The first-order valence-electron chi connectivity index (χ1n) is 12.1. The minimum absolute atomic E-state index is 0.163. The van der Waals surface area contributed by atoms with Crippen LogP contribution in [0.15, 0.2) is 0 Å². The maximum atomic E-state index is 11.7. The molecule has 0 aromatic carbocycles. The summed E-state index contributed by atoms with van der Waals surface area (Å²) in [5, 5.41) is 0. The molecule has 0 heterocycles. The summed E-state index contributed by atoms with van der Waals surface area (Å²) in [6.45, 7) is 5.77. The number of rotatable bonds is 20. The predicted octanol–water partition coefficient (Wildman–Crippen LogP) is 8.12. The third-order valence-electron chi connectivity index (χ3n) is 5.38. The minimum Gasteiger partial charge on any atom is -0.449 e. The van der Waals surface area contributed by atoms with E-state index in [2.05, 4.69) is 13.8 Å². The molecular weight excluding hydrogens is 334 g/mol. The van der Waals surface area contributed by atoms with Crippen molar-refractivity contribution in [2.45, 2.75) is 129 Å². The molecule has 0 saturated carbocycles. The van der Waals surface area contributed by atoms with E-state index in [1.165, 1.54) is 96.3 Å². The number of nitrogens with zero attached hydrogens (tertiary/aromatic N) is 1. The smallest absolute Gasteiger partial charge is 0.409 e. The Morgan fingerprint density at radius 1 is 0.593 bits per heavy atom. The molecule has 27 heavy (non-hydrogen) atoms. The van der Waals surface area contributed by atoms with Gasteiger partial charge in [-0.25, -0.2) is 4.79 Å². The van der Waals surface area contributed by atoms with Crippen molar-refractivity contribution in [1.29, 1.82) is 0 Å². The maximum Gasteiger partial charge on any atom is 0.409 e. The molecule has 0 aromatic rings. The van der Waals surface area contributed by atoms with Gasteiger partial charge in [0, 0.05) is 13.6 Å². The van der Waals surface area contributed by atoms with Crippen LogP contribution in [0.5, 0.6) is 0 Å².